The molecule has 0 bridgehead atoms. The van der Waals surface area contributed by atoms with E-state index in [9.17, 15) is 4.79 Å². The zero-order chi connectivity index (χ0) is 18.7. The number of hydrogen-bond acceptors (Lipinski definition) is 5. The van der Waals surface area contributed by atoms with Gasteiger partial charge in [0.1, 0.15) is 5.76 Å². The van der Waals surface area contributed by atoms with Crippen molar-refractivity contribution in [3.8, 4) is 11.5 Å². The first-order chi connectivity index (χ1) is 12.5. The highest BCUT2D eigenvalue weighted by molar-refractivity contribution is 6.06. The summed E-state index contributed by atoms with van der Waals surface area (Å²) in [6, 6.07) is 5.73. The number of hydrogen-bond donors (Lipinski definition) is 0. The number of carbonyl (C=O) groups excluding carboxylic acids is 1. The molecule has 1 heterocycles. The van der Waals surface area contributed by atoms with Crippen molar-refractivity contribution in [3.05, 3.63) is 65.5 Å². The highest BCUT2D eigenvalue weighted by atomic mass is 16.7. The van der Waals surface area contributed by atoms with E-state index in [1.54, 1.807) is 13.2 Å². The molecule has 1 aliphatic heterocycles. The molecule has 0 radical (unpaired) electrons. The molecular weight excluding hydrogens is 332 g/mol. The summed E-state index contributed by atoms with van der Waals surface area (Å²) < 4.78 is 22.1. The average molecular weight is 354 g/mol. The van der Waals surface area contributed by atoms with Crippen LogP contribution in [0.3, 0.4) is 0 Å². The van der Waals surface area contributed by atoms with Gasteiger partial charge in [-0.05, 0) is 42.7 Å². The van der Waals surface area contributed by atoms with E-state index in [2.05, 4.69) is 6.58 Å². The second kappa shape index (κ2) is 7.22. The van der Waals surface area contributed by atoms with Crippen molar-refractivity contribution in [1.82, 2.24) is 0 Å². The summed E-state index contributed by atoms with van der Waals surface area (Å²) in [5.74, 6) is 1.80. The van der Waals surface area contributed by atoms with Gasteiger partial charge in [-0.2, -0.15) is 0 Å². The number of rotatable bonds is 6. The van der Waals surface area contributed by atoms with Crippen molar-refractivity contribution in [3.63, 3.8) is 0 Å². The first kappa shape index (κ1) is 18.0. The topological polar surface area (TPSA) is 54.0 Å². The monoisotopic (exact) mass is 354 g/mol. The Bertz CT molecular complexity index is 831. The smallest absolute Gasteiger partial charge is 0.231 e. The Hall–Kier alpha value is -2.79. The van der Waals surface area contributed by atoms with Gasteiger partial charge in [-0.25, -0.2) is 0 Å². The molecule has 5 heteroatoms. The normalized spacial score (nSPS) is 22.0. The number of benzene rings is 1. The van der Waals surface area contributed by atoms with E-state index in [1.165, 1.54) is 13.2 Å². The average Bonchev–Trinajstić information content (AvgIpc) is 3.11. The Morgan fingerprint density at radius 2 is 2.08 bits per heavy atom. The van der Waals surface area contributed by atoms with E-state index < -0.39 is 5.60 Å². The van der Waals surface area contributed by atoms with Gasteiger partial charge in [-0.3, -0.25) is 4.79 Å². The van der Waals surface area contributed by atoms with E-state index in [1.807, 2.05) is 37.3 Å². The second-order valence-corrected chi connectivity index (χ2v) is 6.12. The molecule has 3 rings (SSSR count). The summed E-state index contributed by atoms with van der Waals surface area (Å²) in [5, 5.41) is 0. The minimum Gasteiger partial charge on any atom is -0.497 e. The number of ether oxygens (including phenoxy) is 4. The zero-order valence-corrected chi connectivity index (χ0v) is 15.2. The number of methoxy groups -OCH3 is 2. The Kier molecular flexibility index (Phi) is 5.00. The van der Waals surface area contributed by atoms with Gasteiger partial charge in [0.15, 0.2) is 22.9 Å². The molecule has 0 fully saturated rings. The lowest BCUT2D eigenvalue weighted by Gasteiger charge is -2.35. The van der Waals surface area contributed by atoms with E-state index in [0.29, 0.717) is 23.5 Å². The lowest BCUT2D eigenvalue weighted by Crippen LogP contribution is -2.37. The molecular formula is C21H22O5. The highest BCUT2D eigenvalue weighted by Gasteiger charge is 2.40. The minimum atomic E-state index is -0.947. The van der Waals surface area contributed by atoms with E-state index >= 15 is 0 Å². The van der Waals surface area contributed by atoms with Crippen molar-refractivity contribution in [2.24, 2.45) is 0 Å². The maximum Gasteiger partial charge on any atom is 0.231 e. The van der Waals surface area contributed by atoms with Crippen LogP contribution >= 0.6 is 0 Å². The summed E-state index contributed by atoms with van der Waals surface area (Å²) >= 11 is 0. The highest BCUT2D eigenvalue weighted by Crippen LogP contribution is 2.39. The molecule has 0 aromatic heterocycles. The number of carbonyl (C=O) groups is 1. The summed E-state index contributed by atoms with van der Waals surface area (Å²) in [6.07, 6.45) is 7.45. The van der Waals surface area contributed by atoms with Crippen molar-refractivity contribution in [2.45, 2.75) is 18.9 Å². The third-order valence-electron chi connectivity index (χ3n) is 4.59. The molecule has 0 saturated heterocycles. The summed E-state index contributed by atoms with van der Waals surface area (Å²) in [4.78, 5) is 12.3. The maximum absolute atomic E-state index is 12.3. The van der Waals surface area contributed by atoms with Crippen molar-refractivity contribution in [2.75, 3.05) is 21.0 Å². The van der Waals surface area contributed by atoms with Gasteiger partial charge in [0.05, 0.1) is 7.11 Å². The lowest BCUT2D eigenvalue weighted by atomic mass is 9.82. The van der Waals surface area contributed by atoms with Crippen molar-refractivity contribution >= 4 is 11.9 Å². The van der Waals surface area contributed by atoms with Crippen LogP contribution in [0.15, 0.2) is 59.9 Å². The van der Waals surface area contributed by atoms with Gasteiger partial charge < -0.3 is 18.9 Å². The maximum atomic E-state index is 12.3. The summed E-state index contributed by atoms with van der Waals surface area (Å²) in [5.41, 5.74) is 1.49. The van der Waals surface area contributed by atoms with Crippen LogP contribution in [0.4, 0.5) is 0 Å². The molecule has 0 saturated carbocycles. The number of ketones is 1. The third-order valence-corrected chi connectivity index (χ3v) is 4.59. The first-order valence-corrected chi connectivity index (χ1v) is 8.30. The molecule has 26 heavy (non-hydrogen) atoms. The molecule has 1 aromatic rings. The van der Waals surface area contributed by atoms with E-state index in [4.69, 9.17) is 18.9 Å². The molecule has 0 N–H and O–H groups in total. The van der Waals surface area contributed by atoms with Gasteiger partial charge in [-0.1, -0.05) is 18.2 Å². The van der Waals surface area contributed by atoms with Crippen LogP contribution in [0.1, 0.15) is 18.9 Å². The molecule has 0 spiro atoms. The first-order valence-electron chi connectivity index (χ1n) is 8.30. The second-order valence-electron chi connectivity index (χ2n) is 6.12. The van der Waals surface area contributed by atoms with Crippen LogP contribution in [-0.2, 0) is 14.3 Å². The third kappa shape index (κ3) is 3.06. The van der Waals surface area contributed by atoms with Gasteiger partial charge in [0.2, 0.25) is 6.79 Å². The van der Waals surface area contributed by atoms with Crippen LogP contribution in [0, 0.1) is 0 Å². The fraction of sp³-hybridized carbons (Fsp3) is 0.286. The van der Waals surface area contributed by atoms with Gasteiger partial charge in [0, 0.05) is 18.8 Å². The fourth-order valence-electron chi connectivity index (χ4n) is 3.22. The summed E-state index contributed by atoms with van der Waals surface area (Å²) in [6.45, 7) is 5.90. The van der Waals surface area contributed by atoms with Crippen molar-refractivity contribution < 1.29 is 23.7 Å². The van der Waals surface area contributed by atoms with E-state index in [0.717, 1.165) is 16.9 Å². The predicted octanol–water partition coefficient (Wildman–Crippen LogP) is 3.82. The molecule has 1 aliphatic carbocycles. The lowest BCUT2D eigenvalue weighted by molar-refractivity contribution is -0.112. The zero-order valence-electron chi connectivity index (χ0n) is 15.2. The van der Waals surface area contributed by atoms with Crippen LogP contribution in [0.2, 0.25) is 0 Å². The predicted molar refractivity (Wildman–Crippen MR) is 99.0 cm³/mol. The molecule has 136 valence electrons. The van der Waals surface area contributed by atoms with Crippen LogP contribution < -0.4 is 9.47 Å². The minimum absolute atomic E-state index is 0.0923. The quantitative estimate of drug-likeness (QED) is 0.727. The van der Waals surface area contributed by atoms with E-state index in [-0.39, 0.29) is 12.6 Å². The number of fused-ring (bicyclic) bond motifs is 1. The number of allylic oxidation sites excluding steroid dienone is 3. The standard InChI is InChI=1S/C21H22O5/c1-5-6-16-12-21(24-4,20(23-3)11-17(16)22)14(2)9-15-7-8-18-19(10-15)26-13-25-18/h5,7-12H,1,6,13H2,2-4H3/b14-9+/t21-/m1/s1. The molecule has 0 amide bonds. The SMILES string of the molecule is C=CCC1=C[C@@](OC)(/C(C)=C/c2ccc3c(c2)OCO3)C(OC)=CC1=O. The van der Waals surface area contributed by atoms with Crippen LogP contribution in [0.5, 0.6) is 11.5 Å². The molecule has 5 nitrogen and oxygen atoms in total. The van der Waals surface area contributed by atoms with Gasteiger partial charge >= 0.3 is 0 Å². The molecule has 1 aromatic carbocycles. The van der Waals surface area contributed by atoms with Crippen molar-refractivity contribution in [1.29, 1.82) is 0 Å². The summed E-state index contributed by atoms with van der Waals surface area (Å²) in [7, 11) is 3.13. The largest absolute Gasteiger partial charge is 0.497 e. The van der Waals surface area contributed by atoms with Crippen LogP contribution in [-0.4, -0.2) is 32.4 Å². The van der Waals surface area contributed by atoms with Gasteiger partial charge in [-0.15, -0.1) is 6.58 Å². The van der Waals surface area contributed by atoms with Gasteiger partial charge in [0.25, 0.3) is 0 Å². The molecule has 1 atom stereocenters. The Labute approximate surface area is 153 Å². The Morgan fingerprint density at radius 1 is 1.31 bits per heavy atom. The molecule has 2 aliphatic rings. The molecule has 0 unspecified atom stereocenters. The Morgan fingerprint density at radius 3 is 2.77 bits per heavy atom. The van der Waals surface area contributed by atoms with Crippen LogP contribution in [0.25, 0.3) is 6.08 Å². The Balaban J connectivity index is 2.05. The fourth-order valence-corrected chi connectivity index (χ4v) is 3.22.